The molecule has 2 N–H and O–H groups in total. The molecular formula is C14H21NO. The van der Waals surface area contributed by atoms with Gasteiger partial charge in [-0.1, -0.05) is 30.3 Å². The molecular weight excluding hydrogens is 198 g/mol. The average molecular weight is 219 g/mol. The quantitative estimate of drug-likeness (QED) is 0.793. The number of hydrogen-bond acceptors (Lipinski definition) is 2. The molecule has 1 fully saturated rings. The van der Waals surface area contributed by atoms with Gasteiger partial charge in [0.1, 0.15) is 0 Å². The lowest BCUT2D eigenvalue weighted by atomic mass is 9.82. The standard InChI is InChI=1S/C14H21NO/c1-11(7-12-5-3-2-4-6-12)15-10-13-8-14(16)9-13/h2-6,11,13-16H,7-10H2,1H3. The van der Waals surface area contributed by atoms with Crippen LogP contribution in [-0.4, -0.2) is 23.8 Å². The van der Waals surface area contributed by atoms with Crippen molar-refractivity contribution in [3.05, 3.63) is 35.9 Å². The number of aliphatic hydroxyl groups is 1. The maximum Gasteiger partial charge on any atom is 0.0546 e. The van der Waals surface area contributed by atoms with Crippen LogP contribution in [0.25, 0.3) is 0 Å². The Morgan fingerprint density at radius 1 is 1.31 bits per heavy atom. The van der Waals surface area contributed by atoms with Gasteiger partial charge in [0.2, 0.25) is 0 Å². The third-order valence-corrected chi connectivity index (χ3v) is 3.35. The third kappa shape index (κ3) is 3.32. The highest BCUT2D eigenvalue weighted by Gasteiger charge is 2.26. The number of aliphatic hydroxyl groups excluding tert-OH is 1. The van der Waals surface area contributed by atoms with Gasteiger partial charge in [-0.2, -0.15) is 0 Å². The fourth-order valence-corrected chi connectivity index (χ4v) is 2.27. The summed E-state index contributed by atoms with van der Waals surface area (Å²) in [5.41, 5.74) is 1.39. The molecule has 2 heteroatoms. The summed E-state index contributed by atoms with van der Waals surface area (Å²) in [6.07, 6.45) is 3.00. The summed E-state index contributed by atoms with van der Waals surface area (Å²) in [6.45, 7) is 3.27. The first kappa shape index (κ1) is 11.6. The van der Waals surface area contributed by atoms with E-state index in [0.717, 1.165) is 25.8 Å². The van der Waals surface area contributed by atoms with Gasteiger partial charge in [0.25, 0.3) is 0 Å². The minimum atomic E-state index is -0.0313. The first-order chi connectivity index (χ1) is 7.74. The summed E-state index contributed by atoms with van der Waals surface area (Å²) in [5.74, 6) is 0.688. The topological polar surface area (TPSA) is 32.3 Å². The van der Waals surface area contributed by atoms with Crippen molar-refractivity contribution in [1.82, 2.24) is 5.32 Å². The molecule has 1 saturated carbocycles. The largest absolute Gasteiger partial charge is 0.393 e. The van der Waals surface area contributed by atoms with Crippen molar-refractivity contribution in [2.45, 2.75) is 38.3 Å². The number of nitrogens with one attached hydrogen (secondary N) is 1. The average Bonchev–Trinajstić information content (AvgIpc) is 2.24. The van der Waals surface area contributed by atoms with Gasteiger partial charge in [0, 0.05) is 6.04 Å². The molecule has 1 aromatic rings. The number of benzene rings is 1. The maximum absolute atomic E-state index is 9.19. The Labute approximate surface area is 97.7 Å². The molecule has 88 valence electrons. The van der Waals surface area contributed by atoms with E-state index >= 15 is 0 Å². The van der Waals surface area contributed by atoms with Gasteiger partial charge in [0.15, 0.2) is 0 Å². The van der Waals surface area contributed by atoms with E-state index in [-0.39, 0.29) is 6.10 Å². The molecule has 0 radical (unpaired) electrons. The van der Waals surface area contributed by atoms with Crippen LogP contribution in [0.2, 0.25) is 0 Å². The van der Waals surface area contributed by atoms with Crippen molar-refractivity contribution in [3.63, 3.8) is 0 Å². The Kier molecular flexibility index (Phi) is 3.97. The Balaban J connectivity index is 1.66. The van der Waals surface area contributed by atoms with Crippen molar-refractivity contribution < 1.29 is 5.11 Å². The van der Waals surface area contributed by atoms with E-state index in [4.69, 9.17) is 0 Å². The van der Waals surface area contributed by atoms with Gasteiger partial charge in [0.05, 0.1) is 6.10 Å². The molecule has 0 bridgehead atoms. The van der Waals surface area contributed by atoms with Crippen molar-refractivity contribution in [2.24, 2.45) is 5.92 Å². The number of hydrogen-bond donors (Lipinski definition) is 2. The fraction of sp³-hybridized carbons (Fsp3) is 0.571. The second-order valence-electron chi connectivity index (χ2n) is 4.99. The van der Waals surface area contributed by atoms with E-state index in [0.29, 0.717) is 12.0 Å². The normalized spacial score (nSPS) is 26.1. The lowest BCUT2D eigenvalue weighted by molar-refractivity contribution is 0.0421. The van der Waals surface area contributed by atoms with Gasteiger partial charge >= 0.3 is 0 Å². The van der Waals surface area contributed by atoms with E-state index in [1.54, 1.807) is 0 Å². The molecule has 0 saturated heterocycles. The molecule has 0 heterocycles. The minimum absolute atomic E-state index is 0.0313. The second kappa shape index (κ2) is 5.46. The van der Waals surface area contributed by atoms with E-state index in [2.05, 4.69) is 42.6 Å². The summed E-state index contributed by atoms with van der Waals surface area (Å²) in [5, 5.41) is 12.7. The minimum Gasteiger partial charge on any atom is -0.393 e. The molecule has 2 nitrogen and oxygen atoms in total. The molecule has 0 amide bonds. The Bertz CT molecular complexity index is 306. The van der Waals surface area contributed by atoms with Crippen molar-refractivity contribution in [3.8, 4) is 0 Å². The summed E-state index contributed by atoms with van der Waals surface area (Å²) < 4.78 is 0. The zero-order valence-corrected chi connectivity index (χ0v) is 9.89. The molecule has 1 aliphatic carbocycles. The molecule has 1 aliphatic rings. The predicted molar refractivity (Wildman–Crippen MR) is 66.3 cm³/mol. The zero-order chi connectivity index (χ0) is 11.4. The molecule has 0 aromatic heterocycles. The Morgan fingerprint density at radius 2 is 2.00 bits per heavy atom. The van der Waals surface area contributed by atoms with Gasteiger partial charge < -0.3 is 10.4 Å². The maximum atomic E-state index is 9.19. The van der Waals surface area contributed by atoms with Crippen LogP contribution in [0.5, 0.6) is 0 Å². The van der Waals surface area contributed by atoms with E-state index < -0.39 is 0 Å². The first-order valence-corrected chi connectivity index (χ1v) is 6.19. The van der Waals surface area contributed by atoms with E-state index in [1.165, 1.54) is 5.56 Å². The Morgan fingerprint density at radius 3 is 2.62 bits per heavy atom. The van der Waals surface area contributed by atoms with Crippen LogP contribution < -0.4 is 5.32 Å². The smallest absolute Gasteiger partial charge is 0.0546 e. The molecule has 0 spiro atoms. The SMILES string of the molecule is CC(Cc1ccccc1)NCC1CC(O)C1. The van der Waals surface area contributed by atoms with E-state index in [1.807, 2.05) is 0 Å². The monoisotopic (exact) mass is 219 g/mol. The fourth-order valence-electron chi connectivity index (χ4n) is 2.27. The van der Waals surface area contributed by atoms with Crippen LogP contribution >= 0.6 is 0 Å². The van der Waals surface area contributed by atoms with Gasteiger partial charge in [-0.25, -0.2) is 0 Å². The lowest BCUT2D eigenvalue weighted by Gasteiger charge is -2.32. The number of rotatable bonds is 5. The highest BCUT2D eigenvalue weighted by atomic mass is 16.3. The van der Waals surface area contributed by atoms with Gasteiger partial charge in [-0.05, 0) is 44.2 Å². The molecule has 1 unspecified atom stereocenters. The molecule has 2 rings (SSSR count). The second-order valence-corrected chi connectivity index (χ2v) is 4.99. The van der Waals surface area contributed by atoms with Crippen LogP contribution in [0.15, 0.2) is 30.3 Å². The Hall–Kier alpha value is -0.860. The summed E-state index contributed by atoms with van der Waals surface area (Å²) >= 11 is 0. The predicted octanol–water partition coefficient (Wildman–Crippen LogP) is 1.98. The highest BCUT2D eigenvalue weighted by molar-refractivity contribution is 5.15. The molecule has 1 aromatic carbocycles. The zero-order valence-electron chi connectivity index (χ0n) is 9.89. The third-order valence-electron chi connectivity index (χ3n) is 3.35. The van der Waals surface area contributed by atoms with Crippen molar-refractivity contribution >= 4 is 0 Å². The first-order valence-electron chi connectivity index (χ1n) is 6.19. The van der Waals surface area contributed by atoms with Crippen molar-refractivity contribution in [1.29, 1.82) is 0 Å². The summed E-state index contributed by atoms with van der Waals surface area (Å²) in [7, 11) is 0. The molecule has 1 atom stereocenters. The van der Waals surface area contributed by atoms with Crippen LogP contribution in [0.3, 0.4) is 0 Å². The van der Waals surface area contributed by atoms with Gasteiger partial charge in [-0.3, -0.25) is 0 Å². The summed E-state index contributed by atoms with van der Waals surface area (Å²) in [4.78, 5) is 0. The van der Waals surface area contributed by atoms with Crippen molar-refractivity contribution in [2.75, 3.05) is 6.54 Å². The van der Waals surface area contributed by atoms with Crippen LogP contribution in [0.4, 0.5) is 0 Å². The van der Waals surface area contributed by atoms with Crippen LogP contribution in [-0.2, 0) is 6.42 Å². The van der Waals surface area contributed by atoms with Gasteiger partial charge in [-0.15, -0.1) is 0 Å². The van der Waals surface area contributed by atoms with E-state index in [9.17, 15) is 5.11 Å². The van der Waals surface area contributed by atoms with Crippen LogP contribution in [0.1, 0.15) is 25.3 Å². The van der Waals surface area contributed by atoms with Crippen LogP contribution in [0, 0.1) is 5.92 Å². The highest BCUT2D eigenvalue weighted by Crippen LogP contribution is 2.26. The summed E-state index contributed by atoms with van der Waals surface area (Å²) in [6, 6.07) is 11.1. The molecule has 16 heavy (non-hydrogen) atoms. The molecule has 0 aliphatic heterocycles. The lowest BCUT2D eigenvalue weighted by Crippen LogP contribution is -2.39.